The lowest BCUT2D eigenvalue weighted by molar-refractivity contribution is 0.0777. The lowest BCUT2D eigenvalue weighted by atomic mass is 10.0. The third kappa shape index (κ3) is 2.68. The van der Waals surface area contributed by atoms with Crippen LogP contribution in [0.15, 0.2) is 59.0 Å². The van der Waals surface area contributed by atoms with Crippen LogP contribution >= 0.6 is 0 Å². The van der Waals surface area contributed by atoms with Gasteiger partial charge in [-0.15, -0.1) is 0 Å². The Morgan fingerprint density at radius 2 is 1.81 bits per heavy atom. The number of carbonyl (C=O) groups is 1. The number of hydrogen-bond donors (Lipinski definition) is 0. The minimum Gasteiger partial charge on any atom is -0.464 e. The molecule has 3 rings (SSSR count). The topological polar surface area (TPSA) is 33.5 Å². The number of fused-ring (bicyclic) bond motifs is 1. The number of amides is 1. The summed E-state index contributed by atoms with van der Waals surface area (Å²) in [4.78, 5) is 14.3. The molecule has 2 aromatic carbocycles. The van der Waals surface area contributed by atoms with Crippen molar-refractivity contribution in [1.82, 2.24) is 4.90 Å². The molecular formula is C18H17NO2. The molecule has 0 radical (unpaired) electrons. The summed E-state index contributed by atoms with van der Waals surface area (Å²) in [5, 5.41) is 2.05. The van der Waals surface area contributed by atoms with E-state index in [1.54, 1.807) is 11.9 Å². The second-order valence-electron chi connectivity index (χ2n) is 5.20. The Morgan fingerprint density at radius 1 is 1.05 bits per heavy atom. The van der Waals surface area contributed by atoms with Crippen molar-refractivity contribution in [3.05, 3.63) is 71.7 Å². The van der Waals surface area contributed by atoms with E-state index in [1.807, 2.05) is 61.5 Å². The molecule has 0 saturated carbocycles. The standard InChI is InChI=1S/C18H17NO2/c1-13-10-11-15(21-13)12-19(2)18(20)17-9-5-7-14-6-3-4-8-16(14)17/h3-11H,12H2,1-2H3. The zero-order valence-corrected chi connectivity index (χ0v) is 12.2. The molecule has 0 atom stereocenters. The highest BCUT2D eigenvalue weighted by Gasteiger charge is 2.15. The van der Waals surface area contributed by atoms with Crippen LogP contribution in [0.2, 0.25) is 0 Å². The van der Waals surface area contributed by atoms with Crippen molar-refractivity contribution in [1.29, 1.82) is 0 Å². The van der Waals surface area contributed by atoms with Gasteiger partial charge in [-0.3, -0.25) is 4.79 Å². The maximum absolute atomic E-state index is 12.7. The van der Waals surface area contributed by atoms with Gasteiger partial charge in [-0.1, -0.05) is 36.4 Å². The average molecular weight is 279 g/mol. The Bertz CT molecular complexity index is 783. The number of benzene rings is 2. The van der Waals surface area contributed by atoms with Crippen LogP contribution in [0.4, 0.5) is 0 Å². The first kappa shape index (κ1) is 13.4. The Labute approximate surface area is 123 Å². The predicted octanol–water partition coefficient (Wildman–Crippen LogP) is 4.01. The summed E-state index contributed by atoms with van der Waals surface area (Å²) in [7, 11) is 1.79. The van der Waals surface area contributed by atoms with Crippen LogP contribution in [0.5, 0.6) is 0 Å². The summed E-state index contributed by atoms with van der Waals surface area (Å²) >= 11 is 0. The normalized spacial score (nSPS) is 10.8. The molecule has 0 fully saturated rings. The molecule has 1 amide bonds. The molecule has 1 heterocycles. The van der Waals surface area contributed by atoms with Crippen molar-refractivity contribution >= 4 is 16.7 Å². The van der Waals surface area contributed by atoms with E-state index >= 15 is 0 Å². The van der Waals surface area contributed by atoms with E-state index in [2.05, 4.69) is 0 Å². The lowest BCUT2D eigenvalue weighted by Crippen LogP contribution is -2.26. The molecule has 0 bridgehead atoms. The van der Waals surface area contributed by atoms with Crippen molar-refractivity contribution in [3.63, 3.8) is 0 Å². The predicted molar refractivity (Wildman–Crippen MR) is 83.2 cm³/mol. The van der Waals surface area contributed by atoms with E-state index in [9.17, 15) is 4.79 Å². The minimum absolute atomic E-state index is 0.000790. The van der Waals surface area contributed by atoms with Gasteiger partial charge in [-0.2, -0.15) is 0 Å². The monoisotopic (exact) mass is 279 g/mol. The van der Waals surface area contributed by atoms with Gasteiger partial charge in [0.2, 0.25) is 0 Å². The molecule has 0 aliphatic rings. The van der Waals surface area contributed by atoms with Crippen molar-refractivity contribution in [2.75, 3.05) is 7.05 Å². The van der Waals surface area contributed by atoms with Crippen LogP contribution in [0.3, 0.4) is 0 Å². The average Bonchev–Trinajstić information content (AvgIpc) is 2.91. The van der Waals surface area contributed by atoms with Crippen LogP contribution in [0.1, 0.15) is 21.9 Å². The molecule has 3 nitrogen and oxygen atoms in total. The van der Waals surface area contributed by atoms with Gasteiger partial charge in [0, 0.05) is 12.6 Å². The van der Waals surface area contributed by atoms with Crippen molar-refractivity contribution < 1.29 is 9.21 Å². The van der Waals surface area contributed by atoms with Gasteiger partial charge in [0.25, 0.3) is 5.91 Å². The Morgan fingerprint density at radius 3 is 2.57 bits per heavy atom. The number of furan rings is 1. The fourth-order valence-corrected chi connectivity index (χ4v) is 2.49. The Hall–Kier alpha value is -2.55. The molecule has 21 heavy (non-hydrogen) atoms. The first-order valence-corrected chi connectivity index (χ1v) is 6.94. The second kappa shape index (κ2) is 5.44. The van der Waals surface area contributed by atoms with Crippen LogP contribution in [0.25, 0.3) is 10.8 Å². The number of hydrogen-bond acceptors (Lipinski definition) is 2. The van der Waals surface area contributed by atoms with E-state index in [0.717, 1.165) is 27.9 Å². The van der Waals surface area contributed by atoms with Crippen molar-refractivity contribution in [2.45, 2.75) is 13.5 Å². The Kier molecular flexibility index (Phi) is 3.48. The zero-order valence-electron chi connectivity index (χ0n) is 12.2. The zero-order chi connectivity index (χ0) is 14.8. The maximum Gasteiger partial charge on any atom is 0.254 e. The van der Waals surface area contributed by atoms with E-state index in [0.29, 0.717) is 6.54 Å². The fourth-order valence-electron chi connectivity index (χ4n) is 2.49. The Balaban J connectivity index is 1.89. The number of nitrogens with zero attached hydrogens (tertiary/aromatic N) is 1. The van der Waals surface area contributed by atoms with Gasteiger partial charge in [-0.05, 0) is 35.9 Å². The van der Waals surface area contributed by atoms with Gasteiger partial charge >= 0.3 is 0 Å². The lowest BCUT2D eigenvalue weighted by Gasteiger charge is -2.17. The summed E-state index contributed by atoms with van der Waals surface area (Å²) in [5.74, 6) is 1.65. The quantitative estimate of drug-likeness (QED) is 0.725. The first-order valence-electron chi connectivity index (χ1n) is 6.94. The largest absolute Gasteiger partial charge is 0.464 e. The highest BCUT2D eigenvalue weighted by Crippen LogP contribution is 2.20. The molecule has 3 aromatic rings. The molecular weight excluding hydrogens is 262 g/mol. The highest BCUT2D eigenvalue weighted by molar-refractivity contribution is 6.06. The summed E-state index contributed by atoms with van der Waals surface area (Å²) in [6, 6.07) is 17.5. The molecule has 0 spiro atoms. The summed E-state index contributed by atoms with van der Waals surface area (Å²) in [6.07, 6.45) is 0. The van der Waals surface area contributed by atoms with Gasteiger partial charge in [0.1, 0.15) is 11.5 Å². The molecule has 0 aliphatic carbocycles. The van der Waals surface area contributed by atoms with Gasteiger partial charge in [-0.25, -0.2) is 0 Å². The SMILES string of the molecule is Cc1ccc(CN(C)C(=O)c2cccc3ccccc23)o1. The molecule has 106 valence electrons. The summed E-state index contributed by atoms with van der Waals surface area (Å²) in [5.41, 5.74) is 0.721. The van der Waals surface area contributed by atoms with Crippen molar-refractivity contribution in [2.24, 2.45) is 0 Å². The molecule has 0 N–H and O–H groups in total. The second-order valence-corrected chi connectivity index (χ2v) is 5.20. The minimum atomic E-state index is 0.000790. The molecule has 1 aromatic heterocycles. The number of rotatable bonds is 3. The van der Waals surface area contributed by atoms with E-state index in [1.165, 1.54) is 0 Å². The molecule has 3 heteroatoms. The molecule has 0 unspecified atom stereocenters. The van der Waals surface area contributed by atoms with Gasteiger partial charge < -0.3 is 9.32 Å². The van der Waals surface area contributed by atoms with E-state index < -0.39 is 0 Å². The maximum atomic E-state index is 12.7. The summed E-state index contributed by atoms with van der Waals surface area (Å²) in [6.45, 7) is 2.37. The van der Waals surface area contributed by atoms with Crippen LogP contribution in [-0.4, -0.2) is 17.9 Å². The third-order valence-corrected chi connectivity index (χ3v) is 3.56. The van der Waals surface area contributed by atoms with E-state index in [-0.39, 0.29) is 5.91 Å². The highest BCUT2D eigenvalue weighted by atomic mass is 16.3. The van der Waals surface area contributed by atoms with Gasteiger partial charge in [0.15, 0.2) is 0 Å². The summed E-state index contributed by atoms with van der Waals surface area (Å²) < 4.78 is 5.53. The molecule has 0 aliphatic heterocycles. The van der Waals surface area contributed by atoms with Crippen LogP contribution < -0.4 is 0 Å². The van der Waals surface area contributed by atoms with Crippen LogP contribution in [-0.2, 0) is 6.54 Å². The van der Waals surface area contributed by atoms with Crippen molar-refractivity contribution in [3.8, 4) is 0 Å². The number of carbonyl (C=O) groups excluding carboxylic acids is 1. The first-order chi connectivity index (χ1) is 10.1. The molecule has 0 saturated heterocycles. The third-order valence-electron chi connectivity index (χ3n) is 3.56. The fraction of sp³-hybridized carbons (Fsp3) is 0.167. The smallest absolute Gasteiger partial charge is 0.254 e. The number of aryl methyl sites for hydroxylation is 1. The van der Waals surface area contributed by atoms with E-state index in [4.69, 9.17) is 4.42 Å². The van der Waals surface area contributed by atoms with Crippen LogP contribution in [0, 0.1) is 6.92 Å². The van der Waals surface area contributed by atoms with Gasteiger partial charge in [0.05, 0.1) is 6.54 Å².